The first kappa shape index (κ1) is 14.5. The van der Waals surface area contributed by atoms with Gasteiger partial charge < -0.3 is 14.1 Å². The summed E-state index contributed by atoms with van der Waals surface area (Å²) in [6.07, 6.45) is 3.06. The predicted octanol–water partition coefficient (Wildman–Crippen LogP) is 2.44. The van der Waals surface area contributed by atoms with E-state index in [0.717, 1.165) is 32.5 Å². The normalized spacial score (nSPS) is 24.4. The molecular weight excluding hydrogens is 294 g/mol. The first-order chi connectivity index (χ1) is 11.2. The van der Waals surface area contributed by atoms with Crippen LogP contribution in [0.3, 0.4) is 0 Å². The van der Waals surface area contributed by atoms with Crippen molar-refractivity contribution < 1.29 is 13.9 Å². The molecule has 5 heteroatoms. The molecular formula is C18H19NO4. The molecule has 4 rings (SSSR count). The second-order valence-corrected chi connectivity index (χ2v) is 6.60. The molecule has 0 saturated carbocycles. The molecule has 1 aromatic heterocycles. The summed E-state index contributed by atoms with van der Waals surface area (Å²) < 4.78 is 11.2. The lowest BCUT2D eigenvalue weighted by molar-refractivity contribution is 0.0437. The molecule has 2 saturated heterocycles. The Morgan fingerprint density at radius 1 is 1.22 bits per heavy atom. The van der Waals surface area contributed by atoms with E-state index in [1.165, 1.54) is 6.07 Å². The van der Waals surface area contributed by atoms with Crippen LogP contribution < -0.4 is 5.43 Å². The molecule has 2 aliphatic heterocycles. The number of nitrogens with zero attached hydrogens (tertiary/aromatic N) is 1. The standard InChI is InChI=1S/C18H19NO4/c20-14-10-16(23-15-5-2-1-4-13(14)15)17(21)19-8-3-6-18(11-19)7-9-22-12-18/h1-2,4-5,10H,3,6-9,11-12H2/t18-/m1/s1. The maximum atomic E-state index is 12.8. The number of fused-ring (bicyclic) bond motifs is 1. The molecule has 1 amide bonds. The minimum atomic E-state index is -0.196. The van der Waals surface area contributed by atoms with E-state index in [1.807, 2.05) is 4.90 Å². The van der Waals surface area contributed by atoms with Crippen LogP contribution in [-0.2, 0) is 4.74 Å². The minimum absolute atomic E-state index is 0.0883. The molecule has 1 atom stereocenters. The first-order valence-electron chi connectivity index (χ1n) is 8.07. The molecule has 120 valence electrons. The topological polar surface area (TPSA) is 59.8 Å². The zero-order chi connectivity index (χ0) is 15.9. The highest BCUT2D eigenvalue weighted by atomic mass is 16.5. The number of rotatable bonds is 1. The third-order valence-corrected chi connectivity index (χ3v) is 4.98. The van der Waals surface area contributed by atoms with Gasteiger partial charge in [-0.25, -0.2) is 0 Å². The summed E-state index contributed by atoms with van der Waals surface area (Å²) in [7, 11) is 0. The second kappa shape index (κ2) is 5.49. The summed E-state index contributed by atoms with van der Waals surface area (Å²) in [6, 6.07) is 8.33. The van der Waals surface area contributed by atoms with Gasteiger partial charge in [0.1, 0.15) is 5.58 Å². The average Bonchev–Trinajstić information content (AvgIpc) is 3.02. The van der Waals surface area contributed by atoms with Gasteiger partial charge in [-0.15, -0.1) is 0 Å². The van der Waals surface area contributed by atoms with Crippen molar-refractivity contribution in [1.82, 2.24) is 4.90 Å². The van der Waals surface area contributed by atoms with Crippen LogP contribution >= 0.6 is 0 Å². The molecule has 0 N–H and O–H groups in total. The highest BCUT2D eigenvalue weighted by Gasteiger charge is 2.40. The van der Waals surface area contributed by atoms with Crippen molar-refractivity contribution in [1.29, 1.82) is 0 Å². The minimum Gasteiger partial charge on any atom is -0.451 e. The van der Waals surface area contributed by atoms with Gasteiger partial charge in [0.25, 0.3) is 5.91 Å². The Hall–Kier alpha value is -2.14. The van der Waals surface area contributed by atoms with Gasteiger partial charge in [0, 0.05) is 31.2 Å². The molecule has 3 heterocycles. The van der Waals surface area contributed by atoms with Gasteiger partial charge in [-0.2, -0.15) is 0 Å². The smallest absolute Gasteiger partial charge is 0.289 e. The van der Waals surface area contributed by atoms with E-state index in [9.17, 15) is 9.59 Å². The quantitative estimate of drug-likeness (QED) is 0.811. The Bertz CT molecular complexity index is 804. The molecule has 0 unspecified atom stereocenters. The van der Waals surface area contributed by atoms with Gasteiger partial charge in [-0.3, -0.25) is 9.59 Å². The summed E-state index contributed by atoms with van der Waals surface area (Å²) in [6.45, 7) is 2.88. The van der Waals surface area contributed by atoms with E-state index >= 15 is 0 Å². The van der Waals surface area contributed by atoms with E-state index in [1.54, 1.807) is 24.3 Å². The lowest BCUT2D eigenvalue weighted by atomic mass is 9.79. The number of hydrogen-bond donors (Lipinski definition) is 0. The third kappa shape index (κ3) is 2.55. The number of benzene rings is 1. The van der Waals surface area contributed by atoms with E-state index in [4.69, 9.17) is 9.15 Å². The number of carbonyl (C=O) groups excluding carboxylic acids is 1. The molecule has 1 aromatic carbocycles. The Morgan fingerprint density at radius 3 is 2.91 bits per heavy atom. The zero-order valence-electron chi connectivity index (χ0n) is 12.9. The predicted molar refractivity (Wildman–Crippen MR) is 85.5 cm³/mol. The largest absolute Gasteiger partial charge is 0.451 e. The number of ether oxygens (including phenoxy) is 1. The van der Waals surface area contributed by atoms with Crippen LogP contribution in [0.15, 0.2) is 39.5 Å². The maximum Gasteiger partial charge on any atom is 0.289 e. The number of para-hydroxylation sites is 1. The highest BCUT2D eigenvalue weighted by molar-refractivity contribution is 5.93. The van der Waals surface area contributed by atoms with Crippen LogP contribution in [0, 0.1) is 5.41 Å². The van der Waals surface area contributed by atoms with Crippen molar-refractivity contribution in [3.63, 3.8) is 0 Å². The second-order valence-electron chi connectivity index (χ2n) is 6.60. The number of piperidine rings is 1. The monoisotopic (exact) mass is 313 g/mol. The lowest BCUT2D eigenvalue weighted by Gasteiger charge is -2.39. The maximum absolute atomic E-state index is 12.8. The Balaban J connectivity index is 1.65. The third-order valence-electron chi connectivity index (χ3n) is 4.98. The van der Waals surface area contributed by atoms with Crippen molar-refractivity contribution in [3.05, 3.63) is 46.3 Å². The van der Waals surface area contributed by atoms with Crippen molar-refractivity contribution in [2.75, 3.05) is 26.3 Å². The summed E-state index contributed by atoms with van der Waals surface area (Å²) >= 11 is 0. The summed E-state index contributed by atoms with van der Waals surface area (Å²) in [5.74, 6) is -0.0662. The van der Waals surface area contributed by atoms with Crippen molar-refractivity contribution in [2.24, 2.45) is 5.41 Å². The van der Waals surface area contributed by atoms with Gasteiger partial charge in [0.15, 0.2) is 11.2 Å². The summed E-state index contributed by atoms with van der Waals surface area (Å²) in [5, 5.41) is 0.503. The molecule has 0 bridgehead atoms. The Morgan fingerprint density at radius 2 is 2.09 bits per heavy atom. The van der Waals surface area contributed by atoms with Crippen LogP contribution in [0.2, 0.25) is 0 Å². The number of amides is 1. The SMILES string of the molecule is O=C(c1cc(=O)c2ccccc2o1)N1CCC[C@@]2(CCOC2)C1. The summed E-state index contributed by atoms with van der Waals surface area (Å²) in [5.41, 5.74) is 0.371. The fraction of sp³-hybridized carbons (Fsp3) is 0.444. The molecule has 1 spiro atoms. The first-order valence-corrected chi connectivity index (χ1v) is 8.07. The van der Waals surface area contributed by atoms with E-state index in [-0.39, 0.29) is 22.5 Å². The van der Waals surface area contributed by atoms with Crippen LogP contribution in [-0.4, -0.2) is 37.1 Å². The van der Waals surface area contributed by atoms with Crippen molar-refractivity contribution >= 4 is 16.9 Å². The molecule has 5 nitrogen and oxygen atoms in total. The van der Waals surface area contributed by atoms with Gasteiger partial charge in [-0.1, -0.05) is 12.1 Å². The molecule has 0 radical (unpaired) electrons. The van der Waals surface area contributed by atoms with Crippen LogP contribution in [0.25, 0.3) is 11.0 Å². The number of carbonyl (C=O) groups is 1. The van der Waals surface area contributed by atoms with Crippen molar-refractivity contribution in [2.45, 2.75) is 19.3 Å². The van der Waals surface area contributed by atoms with Gasteiger partial charge in [0.2, 0.25) is 0 Å². The fourth-order valence-electron chi connectivity index (χ4n) is 3.72. The van der Waals surface area contributed by atoms with Gasteiger partial charge in [0.05, 0.1) is 12.0 Å². The Kier molecular flexibility index (Phi) is 3.45. The number of likely N-dealkylation sites (tertiary alicyclic amines) is 1. The van der Waals surface area contributed by atoms with E-state index in [0.29, 0.717) is 24.1 Å². The highest BCUT2D eigenvalue weighted by Crippen LogP contribution is 2.38. The van der Waals surface area contributed by atoms with Crippen LogP contribution in [0.4, 0.5) is 0 Å². The van der Waals surface area contributed by atoms with E-state index in [2.05, 4.69) is 0 Å². The lowest BCUT2D eigenvalue weighted by Crippen LogP contribution is -2.46. The molecule has 0 aliphatic carbocycles. The summed E-state index contributed by atoms with van der Waals surface area (Å²) in [4.78, 5) is 26.8. The molecule has 2 aliphatic rings. The fourth-order valence-corrected chi connectivity index (χ4v) is 3.72. The van der Waals surface area contributed by atoms with Gasteiger partial charge >= 0.3 is 0 Å². The molecule has 23 heavy (non-hydrogen) atoms. The zero-order valence-corrected chi connectivity index (χ0v) is 12.9. The number of hydrogen-bond acceptors (Lipinski definition) is 4. The van der Waals surface area contributed by atoms with E-state index < -0.39 is 0 Å². The van der Waals surface area contributed by atoms with Crippen LogP contribution in [0.1, 0.15) is 29.8 Å². The van der Waals surface area contributed by atoms with Crippen molar-refractivity contribution in [3.8, 4) is 0 Å². The van der Waals surface area contributed by atoms with Crippen LogP contribution in [0.5, 0.6) is 0 Å². The Labute approximate surface area is 133 Å². The molecule has 2 fully saturated rings. The molecule has 2 aromatic rings. The van der Waals surface area contributed by atoms with Gasteiger partial charge in [-0.05, 0) is 31.4 Å². The average molecular weight is 313 g/mol.